The van der Waals surface area contributed by atoms with E-state index in [1.54, 1.807) is 18.3 Å². The molecule has 0 aliphatic rings. The van der Waals surface area contributed by atoms with E-state index in [2.05, 4.69) is 20.9 Å². The molecule has 0 unspecified atom stereocenters. The predicted octanol–water partition coefficient (Wildman–Crippen LogP) is 2.04. The second-order valence-corrected chi connectivity index (χ2v) is 3.43. The number of hydrogen-bond donors (Lipinski definition) is 0. The largest absolute Gasteiger partial charge is 0.460 e. The Hall–Kier alpha value is -0.940. The zero-order valence-electron chi connectivity index (χ0n) is 8.40. The topological polar surface area (TPSA) is 48.4 Å². The minimum absolute atomic E-state index is 0.258. The van der Waals surface area contributed by atoms with Crippen molar-refractivity contribution in [3.63, 3.8) is 0 Å². The number of aromatic nitrogens is 1. The molecule has 1 rings (SSSR count). The van der Waals surface area contributed by atoms with Crippen LogP contribution in [0, 0.1) is 0 Å². The SMILES string of the molecule is CCOCCOC(=O)c1cccnc1Br. The third-order valence-corrected chi connectivity index (χ3v) is 2.28. The molecule has 82 valence electrons. The molecular formula is C10H12BrNO3. The highest BCUT2D eigenvalue weighted by molar-refractivity contribution is 9.10. The Morgan fingerprint density at radius 2 is 2.33 bits per heavy atom. The molecule has 15 heavy (non-hydrogen) atoms. The summed E-state index contributed by atoms with van der Waals surface area (Å²) in [5.74, 6) is -0.394. The highest BCUT2D eigenvalue weighted by atomic mass is 79.9. The van der Waals surface area contributed by atoms with Crippen molar-refractivity contribution in [1.29, 1.82) is 0 Å². The van der Waals surface area contributed by atoms with Gasteiger partial charge in [-0.3, -0.25) is 0 Å². The van der Waals surface area contributed by atoms with Crippen LogP contribution in [0.1, 0.15) is 17.3 Å². The Morgan fingerprint density at radius 1 is 1.53 bits per heavy atom. The number of esters is 1. The van der Waals surface area contributed by atoms with Crippen LogP contribution in [0.4, 0.5) is 0 Å². The van der Waals surface area contributed by atoms with E-state index in [4.69, 9.17) is 9.47 Å². The van der Waals surface area contributed by atoms with Crippen LogP contribution in [-0.2, 0) is 9.47 Å². The maximum atomic E-state index is 11.5. The maximum Gasteiger partial charge on any atom is 0.340 e. The number of carbonyl (C=O) groups excluding carboxylic acids is 1. The Balaban J connectivity index is 2.44. The summed E-state index contributed by atoms with van der Waals surface area (Å²) in [7, 11) is 0. The van der Waals surface area contributed by atoms with E-state index >= 15 is 0 Å². The molecule has 0 aromatic carbocycles. The van der Waals surface area contributed by atoms with Gasteiger partial charge in [0.05, 0.1) is 12.2 Å². The molecule has 0 radical (unpaired) electrons. The Kier molecular flexibility index (Phi) is 5.28. The number of carbonyl (C=O) groups is 1. The Bertz CT molecular complexity index is 330. The summed E-state index contributed by atoms with van der Waals surface area (Å²) in [4.78, 5) is 15.4. The molecule has 1 aromatic heterocycles. The lowest BCUT2D eigenvalue weighted by molar-refractivity contribution is 0.0334. The van der Waals surface area contributed by atoms with E-state index in [1.807, 2.05) is 6.92 Å². The first-order valence-corrected chi connectivity index (χ1v) is 5.40. The molecule has 5 heteroatoms. The van der Waals surface area contributed by atoms with Gasteiger partial charge in [-0.1, -0.05) is 0 Å². The van der Waals surface area contributed by atoms with Gasteiger partial charge in [0.1, 0.15) is 11.2 Å². The van der Waals surface area contributed by atoms with Crippen LogP contribution in [-0.4, -0.2) is 30.8 Å². The van der Waals surface area contributed by atoms with Crippen LogP contribution in [0.5, 0.6) is 0 Å². The van der Waals surface area contributed by atoms with E-state index in [0.717, 1.165) is 0 Å². The predicted molar refractivity (Wildman–Crippen MR) is 58.7 cm³/mol. The van der Waals surface area contributed by atoms with E-state index in [-0.39, 0.29) is 6.61 Å². The smallest absolute Gasteiger partial charge is 0.340 e. The maximum absolute atomic E-state index is 11.5. The fourth-order valence-corrected chi connectivity index (χ4v) is 1.37. The van der Waals surface area contributed by atoms with Gasteiger partial charge in [-0.15, -0.1) is 0 Å². The van der Waals surface area contributed by atoms with Crippen LogP contribution in [0.25, 0.3) is 0 Å². The van der Waals surface area contributed by atoms with E-state index in [9.17, 15) is 4.79 Å². The number of halogens is 1. The van der Waals surface area contributed by atoms with Gasteiger partial charge in [0.2, 0.25) is 0 Å². The van der Waals surface area contributed by atoms with Crippen molar-refractivity contribution in [2.24, 2.45) is 0 Å². The van der Waals surface area contributed by atoms with Crippen LogP contribution < -0.4 is 0 Å². The molecular weight excluding hydrogens is 262 g/mol. The van der Waals surface area contributed by atoms with Gasteiger partial charge in [-0.05, 0) is 35.0 Å². The number of pyridine rings is 1. The van der Waals surface area contributed by atoms with E-state index < -0.39 is 5.97 Å². The van der Waals surface area contributed by atoms with Crippen molar-refractivity contribution >= 4 is 21.9 Å². The van der Waals surface area contributed by atoms with Gasteiger partial charge in [0.25, 0.3) is 0 Å². The molecule has 0 bridgehead atoms. The lowest BCUT2D eigenvalue weighted by Crippen LogP contribution is -2.11. The zero-order valence-corrected chi connectivity index (χ0v) is 9.99. The minimum Gasteiger partial charge on any atom is -0.460 e. The zero-order chi connectivity index (χ0) is 11.1. The fraction of sp³-hybridized carbons (Fsp3) is 0.400. The average Bonchev–Trinajstić information content (AvgIpc) is 2.25. The Labute approximate surface area is 96.7 Å². The molecule has 0 N–H and O–H groups in total. The van der Waals surface area contributed by atoms with Gasteiger partial charge in [0, 0.05) is 12.8 Å². The van der Waals surface area contributed by atoms with Crippen LogP contribution in [0.2, 0.25) is 0 Å². The minimum atomic E-state index is -0.394. The summed E-state index contributed by atoms with van der Waals surface area (Å²) >= 11 is 3.18. The van der Waals surface area contributed by atoms with Crippen LogP contribution in [0.3, 0.4) is 0 Å². The van der Waals surface area contributed by atoms with Gasteiger partial charge >= 0.3 is 5.97 Å². The highest BCUT2D eigenvalue weighted by Crippen LogP contribution is 2.13. The fourth-order valence-electron chi connectivity index (χ4n) is 0.954. The van der Waals surface area contributed by atoms with Crippen molar-refractivity contribution in [3.8, 4) is 0 Å². The van der Waals surface area contributed by atoms with Gasteiger partial charge < -0.3 is 9.47 Å². The standard InChI is InChI=1S/C10H12BrNO3/c1-2-14-6-7-15-10(13)8-4-3-5-12-9(8)11/h3-5H,2,6-7H2,1H3. The first-order valence-electron chi connectivity index (χ1n) is 4.61. The molecule has 0 aliphatic heterocycles. The third-order valence-electron chi connectivity index (χ3n) is 1.64. The van der Waals surface area contributed by atoms with Crippen LogP contribution in [0.15, 0.2) is 22.9 Å². The molecule has 0 saturated carbocycles. The molecule has 0 aliphatic carbocycles. The summed E-state index contributed by atoms with van der Waals surface area (Å²) in [6, 6.07) is 3.34. The van der Waals surface area contributed by atoms with Crippen molar-refractivity contribution < 1.29 is 14.3 Å². The van der Waals surface area contributed by atoms with Crippen LogP contribution >= 0.6 is 15.9 Å². The number of rotatable bonds is 5. The number of hydrogen-bond acceptors (Lipinski definition) is 4. The number of nitrogens with zero attached hydrogens (tertiary/aromatic N) is 1. The van der Waals surface area contributed by atoms with Crippen molar-refractivity contribution in [1.82, 2.24) is 4.98 Å². The first-order chi connectivity index (χ1) is 7.25. The summed E-state index contributed by atoms with van der Waals surface area (Å²) in [6.07, 6.45) is 1.60. The summed E-state index contributed by atoms with van der Waals surface area (Å²) in [6.45, 7) is 3.18. The quantitative estimate of drug-likeness (QED) is 0.468. The second-order valence-electron chi connectivity index (χ2n) is 2.67. The Morgan fingerprint density at radius 3 is 3.00 bits per heavy atom. The molecule has 0 amide bonds. The number of ether oxygens (including phenoxy) is 2. The lowest BCUT2D eigenvalue weighted by Gasteiger charge is -2.05. The van der Waals surface area contributed by atoms with E-state index in [0.29, 0.717) is 23.4 Å². The monoisotopic (exact) mass is 273 g/mol. The van der Waals surface area contributed by atoms with Gasteiger partial charge in [-0.25, -0.2) is 9.78 Å². The molecule has 1 aromatic rings. The van der Waals surface area contributed by atoms with E-state index in [1.165, 1.54) is 0 Å². The molecule has 0 atom stereocenters. The first kappa shape index (κ1) is 12.1. The third kappa shape index (κ3) is 3.97. The van der Waals surface area contributed by atoms with Crippen molar-refractivity contribution in [3.05, 3.63) is 28.5 Å². The molecule has 0 saturated heterocycles. The average molecular weight is 274 g/mol. The normalized spacial score (nSPS) is 10.0. The summed E-state index contributed by atoms with van der Waals surface area (Å²) in [5, 5.41) is 0. The summed E-state index contributed by atoms with van der Waals surface area (Å²) < 4.78 is 10.5. The molecule has 0 fully saturated rings. The van der Waals surface area contributed by atoms with Crippen molar-refractivity contribution in [2.75, 3.05) is 19.8 Å². The molecule has 4 nitrogen and oxygen atoms in total. The highest BCUT2D eigenvalue weighted by Gasteiger charge is 2.10. The summed E-state index contributed by atoms with van der Waals surface area (Å²) in [5.41, 5.74) is 0.425. The second kappa shape index (κ2) is 6.53. The molecule has 0 spiro atoms. The lowest BCUT2D eigenvalue weighted by atomic mass is 10.3. The molecule has 1 heterocycles. The van der Waals surface area contributed by atoms with Gasteiger partial charge in [-0.2, -0.15) is 0 Å². The van der Waals surface area contributed by atoms with Gasteiger partial charge in [0.15, 0.2) is 0 Å². The van der Waals surface area contributed by atoms with Crippen molar-refractivity contribution in [2.45, 2.75) is 6.92 Å².